The van der Waals surface area contributed by atoms with Crippen LogP contribution in [0.25, 0.3) is 6.08 Å². The normalized spacial score (nSPS) is 10.8. The molecule has 2 aromatic carbocycles. The number of carbonyl (C=O) groups is 1. The fourth-order valence-electron chi connectivity index (χ4n) is 2.37. The van der Waals surface area contributed by atoms with Crippen LogP contribution in [0.2, 0.25) is 0 Å². The van der Waals surface area contributed by atoms with Crippen LogP contribution >= 0.6 is 0 Å². The van der Waals surface area contributed by atoms with Gasteiger partial charge in [0.25, 0.3) is 0 Å². The highest BCUT2D eigenvalue weighted by Gasteiger charge is 2.00. The number of hydrogen-bond acceptors (Lipinski definition) is 3. The number of nitrogens with zero attached hydrogens (tertiary/aromatic N) is 2. The second-order valence-corrected chi connectivity index (χ2v) is 5.75. The molecule has 132 valence electrons. The van der Waals surface area contributed by atoms with E-state index >= 15 is 0 Å². The van der Waals surface area contributed by atoms with E-state index in [1.807, 2.05) is 72.4 Å². The molecule has 5 nitrogen and oxygen atoms in total. The first kappa shape index (κ1) is 17.5. The van der Waals surface area contributed by atoms with Crippen LogP contribution in [-0.4, -0.2) is 15.7 Å². The van der Waals surface area contributed by atoms with Crippen molar-refractivity contribution in [3.63, 3.8) is 0 Å². The van der Waals surface area contributed by atoms with Gasteiger partial charge in [0, 0.05) is 30.1 Å². The zero-order valence-corrected chi connectivity index (χ0v) is 14.6. The Balaban J connectivity index is 1.51. The maximum Gasteiger partial charge on any atom is 0.248 e. The van der Waals surface area contributed by atoms with E-state index in [1.165, 1.54) is 6.08 Å². The lowest BCUT2D eigenvalue weighted by Crippen LogP contribution is -2.07. The molecule has 1 heterocycles. The van der Waals surface area contributed by atoms with E-state index in [0.29, 0.717) is 6.61 Å². The van der Waals surface area contributed by atoms with Crippen molar-refractivity contribution in [3.8, 4) is 5.75 Å². The third kappa shape index (κ3) is 5.08. The van der Waals surface area contributed by atoms with Gasteiger partial charge in [-0.25, -0.2) is 0 Å². The molecule has 0 radical (unpaired) electrons. The molecule has 0 saturated heterocycles. The lowest BCUT2D eigenvalue weighted by molar-refractivity contribution is -0.111. The van der Waals surface area contributed by atoms with E-state index in [4.69, 9.17) is 4.74 Å². The smallest absolute Gasteiger partial charge is 0.248 e. The summed E-state index contributed by atoms with van der Waals surface area (Å²) >= 11 is 0. The summed E-state index contributed by atoms with van der Waals surface area (Å²) in [6.45, 7) is 3.33. The van der Waals surface area contributed by atoms with Gasteiger partial charge in [0.1, 0.15) is 12.4 Å². The number of aromatic nitrogens is 2. The predicted octanol–water partition coefficient (Wildman–Crippen LogP) is 4.13. The fraction of sp³-hybridized carbons (Fsp3) is 0.143. The number of carbonyl (C=O) groups excluding carboxylic acids is 1. The molecule has 0 aliphatic heterocycles. The zero-order chi connectivity index (χ0) is 18.2. The highest BCUT2D eigenvalue weighted by atomic mass is 16.5. The molecule has 0 spiro atoms. The lowest BCUT2D eigenvalue weighted by atomic mass is 10.2. The summed E-state index contributed by atoms with van der Waals surface area (Å²) in [4.78, 5) is 12.0. The fourth-order valence-corrected chi connectivity index (χ4v) is 2.37. The quantitative estimate of drug-likeness (QED) is 0.654. The standard InChI is InChI=1S/C21H21N3O2/c1-2-24-15-18(14-22-24)8-13-21(25)23-19-9-11-20(12-10-19)26-16-17-6-4-3-5-7-17/h3-15H,2,16H2,1H3,(H,23,25)/b13-8+. The molecule has 5 heteroatoms. The van der Waals surface area contributed by atoms with Crippen molar-refractivity contribution in [3.05, 3.63) is 84.2 Å². The van der Waals surface area contributed by atoms with E-state index in [1.54, 1.807) is 12.3 Å². The molecule has 0 aliphatic rings. The lowest BCUT2D eigenvalue weighted by Gasteiger charge is -2.07. The summed E-state index contributed by atoms with van der Waals surface area (Å²) in [6.07, 6.45) is 6.86. The average Bonchev–Trinajstić information content (AvgIpc) is 3.15. The first-order valence-corrected chi connectivity index (χ1v) is 8.51. The largest absolute Gasteiger partial charge is 0.489 e. The van der Waals surface area contributed by atoms with Crippen molar-refractivity contribution in [2.45, 2.75) is 20.1 Å². The Kier molecular flexibility index (Phi) is 5.83. The minimum Gasteiger partial charge on any atom is -0.489 e. The third-order valence-electron chi connectivity index (χ3n) is 3.77. The summed E-state index contributed by atoms with van der Waals surface area (Å²) in [5.74, 6) is 0.571. The molecule has 1 N–H and O–H groups in total. The second kappa shape index (κ2) is 8.67. The van der Waals surface area contributed by atoms with Gasteiger partial charge in [0.15, 0.2) is 0 Å². The molecular formula is C21H21N3O2. The highest BCUT2D eigenvalue weighted by molar-refractivity contribution is 6.01. The molecule has 0 fully saturated rings. The van der Waals surface area contributed by atoms with E-state index < -0.39 is 0 Å². The number of benzene rings is 2. The summed E-state index contributed by atoms with van der Waals surface area (Å²) in [7, 11) is 0. The number of aryl methyl sites for hydroxylation is 1. The van der Waals surface area contributed by atoms with Gasteiger partial charge in [0.05, 0.1) is 6.20 Å². The molecule has 0 bridgehead atoms. The van der Waals surface area contributed by atoms with Crippen molar-refractivity contribution in [1.82, 2.24) is 9.78 Å². The van der Waals surface area contributed by atoms with Crippen molar-refractivity contribution in [1.29, 1.82) is 0 Å². The Hall–Kier alpha value is -3.34. The molecule has 1 amide bonds. The Morgan fingerprint density at radius 2 is 1.92 bits per heavy atom. The van der Waals surface area contributed by atoms with Gasteiger partial charge in [-0.05, 0) is 42.8 Å². The van der Waals surface area contributed by atoms with E-state index in [2.05, 4.69) is 10.4 Å². The van der Waals surface area contributed by atoms with E-state index in [9.17, 15) is 4.79 Å². The number of amides is 1. The van der Waals surface area contributed by atoms with Gasteiger partial charge < -0.3 is 10.1 Å². The van der Waals surface area contributed by atoms with Crippen LogP contribution in [0.3, 0.4) is 0 Å². The Morgan fingerprint density at radius 1 is 1.15 bits per heavy atom. The SMILES string of the molecule is CCn1cc(/C=C/C(=O)Nc2ccc(OCc3ccccc3)cc2)cn1. The van der Waals surface area contributed by atoms with Crippen LogP contribution in [0.15, 0.2) is 73.1 Å². The van der Waals surface area contributed by atoms with Crippen molar-refractivity contribution in [2.24, 2.45) is 0 Å². The third-order valence-corrected chi connectivity index (χ3v) is 3.77. The second-order valence-electron chi connectivity index (χ2n) is 5.75. The van der Waals surface area contributed by atoms with Crippen LogP contribution in [0.1, 0.15) is 18.1 Å². The molecule has 0 aliphatic carbocycles. The highest BCUT2D eigenvalue weighted by Crippen LogP contribution is 2.17. The molecule has 3 aromatic rings. The first-order valence-electron chi connectivity index (χ1n) is 8.51. The van der Waals surface area contributed by atoms with Crippen LogP contribution < -0.4 is 10.1 Å². The van der Waals surface area contributed by atoms with Crippen molar-refractivity contribution >= 4 is 17.7 Å². The Labute approximate surface area is 152 Å². The minimum atomic E-state index is -0.188. The van der Waals surface area contributed by atoms with Gasteiger partial charge in [-0.3, -0.25) is 9.48 Å². The Bertz CT molecular complexity index is 868. The van der Waals surface area contributed by atoms with Gasteiger partial charge in [0.2, 0.25) is 5.91 Å². The molecule has 26 heavy (non-hydrogen) atoms. The van der Waals surface area contributed by atoms with Crippen LogP contribution in [0.5, 0.6) is 5.75 Å². The summed E-state index contributed by atoms with van der Waals surface area (Å²) < 4.78 is 7.55. The monoisotopic (exact) mass is 347 g/mol. The van der Waals surface area contributed by atoms with Crippen LogP contribution in [-0.2, 0) is 17.9 Å². The topological polar surface area (TPSA) is 56.2 Å². The zero-order valence-electron chi connectivity index (χ0n) is 14.6. The number of anilines is 1. The molecular weight excluding hydrogens is 326 g/mol. The summed E-state index contributed by atoms with van der Waals surface area (Å²) in [5, 5.41) is 6.99. The van der Waals surface area contributed by atoms with E-state index in [-0.39, 0.29) is 5.91 Å². The van der Waals surface area contributed by atoms with Gasteiger partial charge in [-0.1, -0.05) is 30.3 Å². The molecule has 1 aromatic heterocycles. The molecule has 3 rings (SSSR count). The number of rotatable bonds is 7. The predicted molar refractivity (Wildman–Crippen MR) is 103 cm³/mol. The van der Waals surface area contributed by atoms with E-state index in [0.717, 1.165) is 29.1 Å². The molecule has 0 atom stereocenters. The van der Waals surface area contributed by atoms with Crippen LogP contribution in [0.4, 0.5) is 5.69 Å². The number of nitrogens with one attached hydrogen (secondary N) is 1. The average molecular weight is 347 g/mol. The van der Waals surface area contributed by atoms with Crippen LogP contribution in [0, 0.1) is 0 Å². The number of hydrogen-bond donors (Lipinski definition) is 1. The van der Waals surface area contributed by atoms with Crippen molar-refractivity contribution in [2.75, 3.05) is 5.32 Å². The molecule has 0 saturated carbocycles. The maximum absolute atomic E-state index is 12.0. The van der Waals surface area contributed by atoms with Crippen molar-refractivity contribution < 1.29 is 9.53 Å². The van der Waals surface area contributed by atoms with Gasteiger partial charge >= 0.3 is 0 Å². The number of ether oxygens (including phenoxy) is 1. The minimum absolute atomic E-state index is 0.188. The maximum atomic E-state index is 12.0. The molecule has 0 unspecified atom stereocenters. The first-order chi connectivity index (χ1) is 12.7. The summed E-state index contributed by atoms with van der Waals surface area (Å²) in [6, 6.07) is 17.3. The van der Waals surface area contributed by atoms with Gasteiger partial charge in [-0.2, -0.15) is 5.10 Å². The van der Waals surface area contributed by atoms with Gasteiger partial charge in [-0.15, -0.1) is 0 Å². The summed E-state index contributed by atoms with van der Waals surface area (Å²) in [5.41, 5.74) is 2.73. The Morgan fingerprint density at radius 3 is 2.62 bits per heavy atom.